The van der Waals surface area contributed by atoms with Gasteiger partial charge in [0.15, 0.2) is 0 Å². The molecule has 21 heavy (non-hydrogen) atoms. The smallest absolute Gasteiger partial charge is 0.243 e. The Morgan fingerprint density at radius 1 is 1.14 bits per heavy atom. The van der Waals surface area contributed by atoms with Crippen molar-refractivity contribution in [3.05, 3.63) is 59.9 Å². The SMILES string of the molecule is CN(CCc1ccccc1)S(=O)(=O)c1cc(N)cc(F)c1. The van der Waals surface area contributed by atoms with Crippen LogP contribution in [0.25, 0.3) is 0 Å². The lowest BCUT2D eigenvalue weighted by Crippen LogP contribution is -2.29. The summed E-state index contributed by atoms with van der Waals surface area (Å²) in [6, 6.07) is 12.9. The molecule has 0 heterocycles. The van der Waals surface area contributed by atoms with E-state index in [4.69, 9.17) is 5.73 Å². The zero-order valence-corrected chi connectivity index (χ0v) is 12.5. The van der Waals surface area contributed by atoms with E-state index in [-0.39, 0.29) is 10.6 Å². The van der Waals surface area contributed by atoms with Crippen LogP contribution in [-0.2, 0) is 16.4 Å². The first kappa shape index (κ1) is 15.5. The van der Waals surface area contributed by atoms with Crippen LogP contribution in [0.15, 0.2) is 53.4 Å². The first-order valence-electron chi connectivity index (χ1n) is 6.46. The molecule has 2 rings (SSSR count). The Labute approximate surface area is 124 Å². The lowest BCUT2D eigenvalue weighted by atomic mass is 10.2. The number of nitrogens with two attached hydrogens (primary N) is 1. The van der Waals surface area contributed by atoms with E-state index in [1.807, 2.05) is 30.3 Å². The van der Waals surface area contributed by atoms with Gasteiger partial charge in [-0.05, 0) is 30.2 Å². The molecule has 0 bridgehead atoms. The zero-order chi connectivity index (χ0) is 15.5. The number of halogens is 1. The Hall–Kier alpha value is -1.92. The second-order valence-electron chi connectivity index (χ2n) is 4.78. The number of hydrogen-bond acceptors (Lipinski definition) is 3. The maximum absolute atomic E-state index is 13.3. The van der Waals surface area contributed by atoms with Crippen molar-refractivity contribution in [3.8, 4) is 0 Å². The van der Waals surface area contributed by atoms with Gasteiger partial charge < -0.3 is 5.73 Å². The van der Waals surface area contributed by atoms with Crippen LogP contribution < -0.4 is 5.73 Å². The third kappa shape index (κ3) is 3.80. The molecule has 2 aromatic rings. The van der Waals surface area contributed by atoms with Crippen molar-refractivity contribution < 1.29 is 12.8 Å². The van der Waals surface area contributed by atoms with Crippen molar-refractivity contribution >= 4 is 15.7 Å². The number of likely N-dealkylation sites (N-methyl/N-ethyl adjacent to an activating group) is 1. The third-order valence-electron chi connectivity index (χ3n) is 3.16. The van der Waals surface area contributed by atoms with Crippen LogP contribution in [-0.4, -0.2) is 26.3 Å². The summed E-state index contributed by atoms with van der Waals surface area (Å²) in [5.41, 5.74) is 6.63. The Balaban J connectivity index is 2.15. The molecule has 4 nitrogen and oxygen atoms in total. The van der Waals surface area contributed by atoms with Crippen molar-refractivity contribution in [2.45, 2.75) is 11.3 Å². The van der Waals surface area contributed by atoms with Gasteiger partial charge in [-0.1, -0.05) is 30.3 Å². The van der Waals surface area contributed by atoms with Crippen molar-refractivity contribution in [1.82, 2.24) is 4.31 Å². The van der Waals surface area contributed by atoms with Crippen molar-refractivity contribution in [1.29, 1.82) is 0 Å². The maximum atomic E-state index is 13.3. The summed E-state index contributed by atoms with van der Waals surface area (Å²) in [6.45, 7) is 0.308. The van der Waals surface area contributed by atoms with Crippen molar-refractivity contribution in [2.75, 3.05) is 19.3 Å². The minimum Gasteiger partial charge on any atom is -0.399 e. The van der Waals surface area contributed by atoms with E-state index in [0.717, 1.165) is 17.7 Å². The highest BCUT2D eigenvalue weighted by molar-refractivity contribution is 7.89. The molecule has 2 N–H and O–H groups in total. The fourth-order valence-electron chi connectivity index (χ4n) is 1.96. The molecule has 0 saturated heterocycles. The average molecular weight is 308 g/mol. The van der Waals surface area contributed by atoms with Crippen LogP contribution in [0.2, 0.25) is 0 Å². The van der Waals surface area contributed by atoms with Gasteiger partial charge in [0.2, 0.25) is 10.0 Å². The van der Waals surface area contributed by atoms with Gasteiger partial charge in [0.25, 0.3) is 0 Å². The number of benzene rings is 2. The molecule has 0 spiro atoms. The summed E-state index contributed by atoms with van der Waals surface area (Å²) < 4.78 is 39.2. The first-order valence-corrected chi connectivity index (χ1v) is 7.90. The minimum absolute atomic E-state index is 0.0880. The normalized spacial score (nSPS) is 11.8. The highest BCUT2D eigenvalue weighted by atomic mass is 32.2. The second kappa shape index (κ2) is 6.24. The summed E-state index contributed by atoms with van der Waals surface area (Å²) in [5, 5.41) is 0. The number of sulfonamides is 1. The molecule has 0 unspecified atom stereocenters. The van der Waals surface area contributed by atoms with E-state index in [1.54, 1.807) is 0 Å². The van der Waals surface area contributed by atoms with Gasteiger partial charge in [-0.3, -0.25) is 0 Å². The molecule has 0 atom stereocenters. The third-order valence-corrected chi connectivity index (χ3v) is 4.99. The molecule has 0 fully saturated rings. The Kier molecular flexibility index (Phi) is 4.59. The Morgan fingerprint density at radius 2 is 1.81 bits per heavy atom. The lowest BCUT2D eigenvalue weighted by Gasteiger charge is -2.17. The number of anilines is 1. The van der Waals surface area contributed by atoms with Gasteiger partial charge >= 0.3 is 0 Å². The van der Waals surface area contributed by atoms with Crippen molar-refractivity contribution in [2.24, 2.45) is 0 Å². The quantitative estimate of drug-likeness (QED) is 0.862. The average Bonchev–Trinajstić information content (AvgIpc) is 2.44. The number of nitrogen functional groups attached to an aromatic ring is 1. The molecule has 0 radical (unpaired) electrons. The summed E-state index contributed by atoms with van der Waals surface area (Å²) in [7, 11) is -2.27. The molecule has 6 heteroatoms. The van der Waals surface area contributed by atoms with E-state index in [1.165, 1.54) is 17.4 Å². The van der Waals surface area contributed by atoms with Crippen LogP contribution in [0.5, 0.6) is 0 Å². The zero-order valence-electron chi connectivity index (χ0n) is 11.7. The van der Waals surface area contributed by atoms with Gasteiger partial charge in [0.1, 0.15) is 5.82 Å². The summed E-state index contributed by atoms with van der Waals surface area (Å²) in [5.74, 6) is -0.662. The van der Waals surface area contributed by atoms with Crippen LogP contribution in [0, 0.1) is 5.82 Å². The molecule has 2 aromatic carbocycles. The van der Waals surface area contributed by atoms with Gasteiger partial charge in [-0.25, -0.2) is 17.1 Å². The van der Waals surface area contributed by atoms with E-state index in [9.17, 15) is 12.8 Å². The monoisotopic (exact) mass is 308 g/mol. The highest BCUT2D eigenvalue weighted by Crippen LogP contribution is 2.19. The standard InChI is InChI=1S/C15H17FN2O2S/c1-18(8-7-12-5-3-2-4-6-12)21(19,20)15-10-13(16)9-14(17)11-15/h2-6,9-11H,7-8,17H2,1H3. The molecule has 0 aliphatic carbocycles. The summed E-state index contributed by atoms with van der Waals surface area (Å²) >= 11 is 0. The molecule has 0 aliphatic heterocycles. The maximum Gasteiger partial charge on any atom is 0.243 e. The second-order valence-corrected chi connectivity index (χ2v) is 6.83. The van der Waals surface area contributed by atoms with Gasteiger partial charge in [0.05, 0.1) is 4.90 Å². The van der Waals surface area contributed by atoms with Crippen LogP contribution in [0.4, 0.5) is 10.1 Å². The summed E-state index contributed by atoms with van der Waals surface area (Å²) in [4.78, 5) is -0.129. The van der Waals surface area contributed by atoms with E-state index in [0.29, 0.717) is 13.0 Å². The molecular weight excluding hydrogens is 291 g/mol. The van der Waals surface area contributed by atoms with Crippen LogP contribution in [0.1, 0.15) is 5.56 Å². The predicted octanol–water partition coefficient (Wildman–Crippen LogP) is 2.27. The van der Waals surface area contributed by atoms with Crippen LogP contribution >= 0.6 is 0 Å². The molecule has 112 valence electrons. The topological polar surface area (TPSA) is 63.4 Å². The van der Waals surface area contributed by atoms with E-state index >= 15 is 0 Å². The minimum atomic E-state index is -3.74. The van der Waals surface area contributed by atoms with Gasteiger partial charge in [-0.2, -0.15) is 0 Å². The number of nitrogens with zero attached hydrogens (tertiary/aromatic N) is 1. The fourth-order valence-corrected chi connectivity index (χ4v) is 3.20. The lowest BCUT2D eigenvalue weighted by molar-refractivity contribution is 0.471. The van der Waals surface area contributed by atoms with Gasteiger partial charge in [0, 0.05) is 19.3 Å². The van der Waals surface area contributed by atoms with Crippen LogP contribution in [0.3, 0.4) is 0 Å². The molecule has 0 amide bonds. The molecule has 0 aromatic heterocycles. The fraction of sp³-hybridized carbons (Fsp3) is 0.200. The van der Waals surface area contributed by atoms with E-state index in [2.05, 4.69) is 0 Å². The first-order chi connectivity index (χ1) is 9.89. The van der Waals surface area contributed by atoms with E-state index < -0.39 is 15.8 Å². The van der Waals surface area contributed by atoms with Gasteiger partial charge in [-0.15, -0.1) is 0 Å². The largest absolute Gasteiger partial charge is 0.399 e. The number of hydrogen-bond donors (Lipinski definition) is 1. The highest BCUT2D eigenvalue weighted by Gasteiger charge is 2.21. The predicted molar refractivity (Wildman–Crippen MR) is 80.8 cm³/mol. The summed E-state index contributed by atoms with van der Waals surface area (Å²) in [6.07, 6.45) is 0.585. The molecule has 0 saturated carbocycles. The van der Waals surface area contributed by atoms with Crippen molar-refractivity contribution in [3.63, 3.8) is 0 Å². The molecule has 0 aliphatic rings. The molecular formula is C15H17FN2O2S. The Morgan fingerprint density at radius 3 is 2.43 bits per heavy atom. The number of rotatable bonds is 5. The Bertz CT molecular complexity index is 697.